The molecule has 200 valence electrons. The van der Waals surface area contributed by atoms with Crippen LogP contribution in [0.15, 0.2) is 48.7 Å². The summed E-state index contributed by atoms with van der Waals surface area (Å²) in [7, 11) is 0. The molecule has 7 nitrogen and oxygen atoms in total. The van der Waals surface area contributed by atoms with Crippen molar-refractivity contribution in [2.24, 2.45) is 5.92 Å². The van der Waals surface area contributed by atoms with E-state index < -0.39 is 11.7 Å². The third kappa shape index (κ3) is 5.35. The first-order chi connectivity index (χ1) is 18.7. The van der Waals surface area contributed by atoms with Crippen LogP contribution in [-0.2, 0) is 12.7 Å². The first-order valence-corrected chi connectivity index (χ1v) is 12.9. The number of nitriles is 1. The van der Waals surface area contributed by atoms with E-state index in [1.807, 2.05) is 42.7 Å². The normalized spacial score (nSPS) is 15.2. The molecule has 3 aromatic heterocycles. The second-order valence-corrected chi connectivity index (χ2v) is 9.92. The molecule has 0 amide bonds. The van der Waals surface area contributed by atoms with E-state index in [1.165, 1.54) is 18.6 Å². The Labute approximate surface area is 224 Å². The van der Waals surface area contributed by atoms with Gasteiger partial charge in [0.15, 0.2) is 17.3 Å². The van der Waals surface area contributed by atoms with Gasteiger partial charge in [0.05, 0.1) is 5.56 Å². The van der Waals surface area contributed by atoms with Gasteiger partial charge in [-0.15, -0.1) is 0 Å². The Morgan fingerprint density at radius 1 is 1.18 bits per heavy atom. The number of imidazole rings is 1. The lowest BCUT2D eigenvalue weighted by molar-refractivity contribution is -0.137. The molecule has 39 heavy (non-hydrogen) atoms. The van der Waals surface area contributed by atoms with E-state index in [2.05, 4.69) is 27.2 Å². The molecule has 0 spiro atoms. The minimum absolute atomic E-state index is 0.0111. The highest BCUT2D eigenvalue weighted by molar-refractivity contribution is 5.87. The summed E-state index contributed by atoms with van der Waals surface area (Å²) in [5.74, 6) is 1.44. The van der Waals surface area contributed by atoms with Gasteiger partial charge < -0.3 is 9.88 Å². The number of nitrogens with zero attached hydrogens (tertiary/aromatic N) is 6. The van der Waals surface area contributed by atoms with Gasteiger partial charge in [-0.2, -0.15) is 28.4 Å². The number of fused-ring (bicyclic) bond motifs is 1. The topological polar surface area (TPSA) is 92.3 Å². The molecule has 1 saturated carbocycles. The molecular weight excluding hydrogens is 503 g/mol. The molecule has 3 heterocycles. The smallest absolute Gasteiger partial charge is 0.365 e. The summed E-state index contributed by atoms with van der Waals surface area (Å²) >= 11 is 0. The van der Waals surface area contributed by atoms with Crippen molar-refractivity contribution < 1.29 is 13.2 Å². The maximum Gasteiger partial charge on any atom is 0.416 e. The predicted molar refractivity (Wildman–Crippen MR) is 144 cm³/mol. The average Bonchev–Trinajstić information content (AvgIpc) is 3.25. The second kappa shape index (κ2) is 10.5. The van der Waals surface area contributed by atoms with Crippen molar-refractivity contribution >= 4 is 22.6 Å². The zero-order chi connectivity index (χ0) is 27.7. The molecular formula is C29H28F3N7. The largest absolute Gasteiger partial charge is 0.416 e. The SMILES string of the molecule is C/C=C(\C)c1ccnc(-c2nc3nc(C#N)nc(NC(C)C4CCC4)c3n2Cc2ccc(C(F)(F)F)cc2)c1. The Kier molecular flexibility index (Phi) is 7.08. The average molecular weight is 532 g/mol. The van der Waals surface area contributed by atoms with Crippen molar-refractivity contribution in [1.82, 2.24) is 24.5 Å². The number of alkyl halides is 3. The van der Waals surface area contributed by atoms with Crippen LogP contribution in [0.3, 0.4) is 0 Å². The highest BCUT2D eigenvalue weighted by Gasteiger charge is 2.30. The van der Waals surface area contributed by atoms with Crippen LogP contribution in [-0.4, -0.2) is 30.5 Å². The summed E-state index contributed by atoms with van der Waals surface area (Å²) in [5.41, 5.74) is 3.44. The fourth-order valence-electron chi connectivity index (χ4n) is 4.76. The van der Waals surface area contributed by atoms with Gasteiger partial charge in [-0.05, 0) is 80.5 Å². The molecule has 0 saturated heterocycles. The van der Waals surface area contributed by atoms with E-state index in [-0.39, 0.29) is 18.4 Å². The fraction of sp³-hybridized carbons (Fsp3) is 0.345. The number of aromatic nitrogens is 5. The van der Waals surface area contributed by atoms with Crippen LogP contribution in [0.4, 0.5) is 19.0 Å². The lowest BCUT2D eigenvalue weighted by Crippen LogP contribution is -2.31. The fourth-order valence-corrected chi connectivity index (χ4v) is 4.76. The number of benzene rings is 1. The van der Waals surface area contributed by atoms with Crippen LogP contribution in [0.2, 0.25) is 0 Å². The van der Waals surface area contributed by atoms with Crippen molar-refractivity contribution in [3.63, 3.8) is 0 Å². The van der Waals surface area contributed by atoms with Gasteiger partial charge in [-0.25, -0.2) is 4.98 Å². The van der Waals surface area contributed by atoms with Crippen LogP contribution >= 0.6 is 0 Å². The molecule has 4 aromatic rings. The summed E-state index contributed by atoms with van der Waals surface area (Å²) in [6.45, 7) is 6.25. The molecule has 1 fully saturated rings. The third-order valence-electron chi connectivity index (χ3n) is 7.42. The van der Waals surface area contributed by atoms with Gasteiger partial charge in [0, 0.05) is 18.8 Å². The standard InChI is InChI=1S/C29H28F3N7/c1-4-17(2)21-12-13-34-23(14-21)28-38-27-25(39(28)16-19-8-10-22(11-9-19)29(30,31)32)26(36-24(15-33)37-27)35-18(3)20-6-5-7-20/h4,8-14,18,20H,5-7,16H2,1-3H3,(H,35,36,37)/b17-4+. The molecule has 1 atom stereocenters. The van der Waals surface area contributed by atoms with Crippen molar-refractivity contribution in [3.8, 4) is 17.6 Å². The van der Waals surface area contributed by atoms with Crippen molar-refractivity contribution in [2.75, 3.05) is 5.32 Å². The Bertz CT molecular complexity index is 1580. The molecule has 1 N–H and O–H groups in total. The van der Waals surface area contributed by atoms with E-state index >= 15 is 0 Å². The minimum Gasteiger partial charge on any atom is -0.365 e. The number of hydrogen-bond donors (Lipinski definition) is 1. The van der Waals surface area contributed by atoms with E-state index in [0.29, 0.717) is 40.0 Å². The molecule has 0 radical (unpaired) electrons. The minimum atomic E-state index is -4.42. The van der Waals surface area contributed by atoms with Crippen molar-refractivity contribution in [3.05, 3.63) is 71.2 Å². The van der Waals surface area contributed by atoms with E-state index in [1.54, 1.807) is 6.20 Å². The number of halogens is 3. The number of pyridine rings is 1. The summed E-state index contributed by atoms with van der Waals surface area (Å²) in [6, 6.07) is 11.0. The van der Waals surface area contributed by atoms with Gasteiger partial charge in [0.25, 0.3) is 0 Å². The molecule has 1 aliphatic carbocycles. The molecule has 1 aliphatic rings. The first kappa shape index (κ1) is 26.4. The molecule has 1 unspecified atom stereocenters. The monoisotopic (exact) mass is 531 g/mol. The summed E-state index contributed by atoms with van der Waals surface area (Å²) in [6.07, 6.45) is 2.69. The molecule has 0 aliphatic heterocycles. The van der Waals surface area contributed by atoms with Gasteiger partial charge in [-0.3, -0.25) is 4.98 Å². The number of hydrogen-bond acceptors (Lipinski definition) is 6. The summed E-state index contributed by atoms with van der Waals surface area (Å²) in [5, 5.41) is 13.1. The maximum atomic E-state index is 13.2. The molecule has 10 heteroatoms. The van der Waals surface area contributed by atoms with Crippen LogP contribution in [0.5, 0.6) is 0 Å². The van der Waals surface area contributed by atoms with Gasteiger partial charge in [0.2, 0.25) is 5.82 Å². The lowest BCUT2D eigenvalue weighted by atomic mass is 9.80. The summed E-state index contributed by atoms with van der Waals surface area (Å²) in [4.78, 5) is 18.2. The zero-order valence-electron chi connectivity index (χ0n) is 21.9. The van der Waals surface area contributed by atoms with Gasteiger partial charge in [0.1, 0.15) is 17.3 Å². The van der Waals surface area contributed by atoms with Crippen molar-refractivity contribution in [2.45, 2.75) is 58.8 Å². The van der Waals surface area contributed by atoms with Gasteiger partial charge >= 0.3 is 6.18 Å². The van der Waals surface area contributed by atoms with Gasteiger partial charge in [-0.1, -0.05) is 24.6 Å². The number of allylic oxidation sites excluding steroid dienone is 2. The number of rotatable bonds is 7. The molecule has 0 bridgehead atoms. The van der Waals surface area contributed by atoms with Crippen molar-refractivity contribution in [1.29, 1.82) is 5.26 Å². The lowest BCUT2D eigenvalue weighted by Gasteiger charge is -2.32. The third-order valence-corrected chi connectivity index (χ3v) is 7.42. The van der Waals surface area contributed by atoms with Crippen LogP contribution < -0.4 is 5.32 Å². The van der Waals surface area contributed by atoms with Crippen LogP contribution in [0.1, 0.15) is 62.5 Å². The van der Waals surface area contributed by atoms with Crippen LogP contribution in [0.25, 0.3) is 28.3 Å². The Morgan fingerprint density at radius 2 is 1.92 bits per heavy atom. The van der Waals surface area contributed by atoms with Crippen LogP contribution in [0, 0.1) is 17.2 Å². The highest BCUT2D eigenvalue weighted by Crippen LogP contribution is 2.34. The predicted octanol–water partition coefficient (Wildman–Crippen LogP) is 6.85. The first-order valence-electron chi connectivity index (χ1n) is 12.9. The number of nitrogens with one attached hydrogen (secondary N) is 1. The Balaban J connectivity index is 1.68. The highest BCUT2D eigenvalue weighted by atomic mass is 19.4. The number of anilines is 1. The summed E-state index contributed by atoms with van der Waals surface area (Å²) < 4.78 is 41.4. The Hall–Kier alpha value is -4.26. The molecule has 5 rings (SSSR count). The van der Waals surface area contributed by atoms with E-state index in [0.717, 1.165) is 36.1 Å². The zero-order valence-corrected chi connectivity index (χ0v) is 21.9. The van der Waals surface area contributed by atoms with E-state index in [9.17, 15) is 18.4 Å². The quantitative estimate of drug-likeness (QED) is 0.280. The second-order valence-electron chi connectivity index (χ2n) is 9.92. The Morgan fingerprint density at radius 3 is 2.54 bits per heavy atom. The van der Waals surface area contributed by atoms with E-state index in [4.69, 9.17) is 4.98 Å². The maximum absolute atomic E-state index is 13.2. The molecule has 1 aromatic carbocycles.